The number of nitro groups is 1. The minimum Gasteiger partial charge on any atom is -0.305 e. The second-order valence-electron chi connectivity index (χ2n) is 6.61. The molecule has 0 aliphatic heterocycles. The zero-order valence-electron chi connectivity index (χ0n) is 15.6. The summed E-state index contributed by atoms with van der Waals surface area (Å²) in [5.41, 5.74) is 3.18. The molecule has 8 heteroatoms. The molecule has 0 aliphatic rings. The highest BCUT2D eigenvalue weighted by molar-refractivity contribution is 7.21. The van der Waals surface area contributed by atoms with Gasteiger partial charge in [-0.05, 0) is 43.2 Å². The highest BCUT2D eigenvalue weighted by Crippen LogP contribution is 2.29. The first-order valence-electron chi connectivity index (χ1n) is 8.68. The van der Waals surface area contributed by atoms with Crippen LogP contribution in [0.3, 0.4) is 0 Å². The summed E-state index contributed by atoms with van der Waals surface area (Å²) in [4.78, 5) is 28.7. The number of hydrogen-bond donors (Lipinski definition) is 0. The second-order valence-corrected chi connectivity index (χ2v) is 8.67. The van der Waals surface area contributed by atoms with Crippen LogP contribution in [0, 0.1) is 36.3 Å². The van der Waals surface area contributed by atoms with Crippen molar-refractivity contribution in [1.29, 1.82) is 0 Å². The standard InChI is InChI=1S/C21H15N3O3S2/c1-4-7-23-16-9-12(2)8-13(3)19(16)29-21(23)22-20(25)18-11-14-10-15(24(26)27)5-6-17(14)28-18/h1,5-6,8-11H,7H2,2-3H3. The summed E-state index contributed by atoms with van der Waals surface area (Å²) >= 11 is 2.70. The van der Waals surface area contributed by atoms with Crippen LogP contribution >= 0.6 is 22.7 Å². The maximum atomic E-state index is 12.8. The summed E-state index contributed by atoms with van der Waals surface area (Å²) in [6.45, 7) is 4.35. The van der Waals surface area contributed by atoms with Crippen LogP contribution in [0.1, 0.15) is 20.8 Å². The number of non-ortho nitro benzene ring substituents is 1. The fraction of sp³-hybridized carbons (Fsp3) is 0.143. The fourth-order valence-electron chi connectivity index (χ4n) is 3.23. The summed E-state index contributed by atoms with van der Waals surface area (Å²) in [7, 11) is 0. The summed E-state index contributed by atoms with van der Waals surface area (Å²) in [5.74, 6) is 2.24. The van der Waals surface area contributed by atoms with Gasteiger partial charge in [-0.1, -0.05) is 23.3 Å². The molecule has 1 amide bonds. The maximum absolute atomic E-state index is 12.8. The van der Waals surface area contributed by atoms with Gasteiger partial charge in [-0.3, -0.25) is 14.9 Å². The Balaban J connectivity index is 1.84. The largest absolute Gasteiger partial charge is 0.305 e. The SMILES string of the molecule is C#CCn1c(=NC(=O)c2cc3cc([N+](=O)[O-])ccc3s2)sc2c(C)cc(C)cc21. The van der Waals surface area contributed by atoms with E-state index < -0.39 is 4.92 Å². The molecular formula is C21H15N3O3S2. The Hall–Kier alpha value is -3.28. The highest BCUT2D eigenvalue weighted by Gasteiger charge is 2.15. The van der Waals surface area contributed by atoms with Crippen molar-refractivity contribution in [3.63, 3.8) is 0 Å². The van der Waals surface area contributed by atoms with Gasteiger partial charge in [0, 0.05) is 22.2 Å². The van der Waals surface area contributed by atoms with E-state index in [4.69, 9.17) is 6.42 Å². The smallest absolute Gasteiger partial charge is 0.289 e. The van der Waals surface area contributed by atoms with Gasteiger partial charge in [0.2, 0.25) is 0 Å². The van der Waals surface area contributed by atoms with Gasteiger partial charge in [0.05, 0.1) is 26.6 Å². The number of aromatic nitrogens is 1. The van der Waals surface area contributed by atoms with E-state index in [0.717, 1.165) is 26.0 Å². The average Bonchev–Trinajstić information content (AvgIpc) is 3.24. The molecule has 0 aliphatic carbocycles. The molecular weight excluding hydrogens is 406 g/mol. The number of thiazole rings is 1. The zero-order chi connectivity index (χ0) is 20.7. The van der Waals surface area contributed by atoms with Gasteiger partial charge < -0.3 is 4.57 Å². The van der Waals surface area contributed by atoms with Crippen molar-refractivity contribution >= 4 is 54.6 Å². The van der Waals surface area contributed by atoms with Crippen LogP contribution in [0.25, 0.3) is 20.3 Å². The van der Waals surface area contributed by atoms with E-state index in [0.29, 0.717) is 21.6 Å². The van der Waals surface area contributed by atoms with E-state index in [1.54, 1.807) is 12.1 Å². The van der Waals surface area contributed by atoms with Crippen LogP contribution in [0.2, 0.25) is 0 Å². The molecule has 2 aromatic heterocycles. The summed E-state index contributed by atoms with van der Waals surface area (Å²) in [5, 5.41) is 11.6. The molecule has 0 bridgehead atoms. The van der Waals surface area contributed by atoms with Crippen molar-refractivity contribution in [2.75, 3.05) is 0 Å². The number of nitrogens with zero attached hydrogens (tertiary/aromatic N) is 3. The Morgan fingerprint density at radius 3 is 2.76 bits per heavy atom. The van der Waals surface area contributed by atoms with Gasteiger partial charge in [-0.25, -0.2) is 0 Å². The maximum Gasteiger partial charge on any atom is 0.289 e. The number of aryl methyl sites for hydroxylation is 2. The van der Waals surface area contributed by atoms with E-state index in [-0.39, 0.29) is 11.6 Å². The Kier molecular flexibility index (Phi) is 4.78. The Morgan fingerprint density at radius 1 is 1.24 bits per heavy atom. The zero-order valence-corrected chi connectivity index (χ0v) is 17.3. The molecule has 0 saturated heterocycles. The van der Waals surface area contributed by atoms with Crippen molar-refractivity contribution in [1.82, 2.24) is 4.57 Å². The van der Waals surface area contributed by atoms with Crippen LogP contribution in [0.4, 0.5) is 5.69 Å². The number of nitro benzene ring substituents is 1. The highest BCUT2D eigenvalue weighted by atomic mass is 32.1. The lowest BCUT2D eigenvalue weighted by Crippen LogP contribution is -2.16. The van der Waals surface area contributed by atoms with Crippen LogP contribution < -0.4 is 4.80 Å². The predicted molar refractivity (Wildman–Crippen MR) is 116 cm³/mol. The third-order valence-electron chi connectivity index (χ3n) is 4.48. The summed E-state index contributed by atoms with van der Waals surface area (Å²) in [6, 6.07) is 10.3. The van der Waals surface area contributed by atoms with E-state index >= 15 is 0 Å². The van der Waals surface area contributed by atoms with Crippen LogP contribution in [0.15, 0.2) is 41.4 Å². The normalized spacial score (nSPS) is 11.8. The number of amides is 1. The molecule has 29 heavy (non-hydrogen) atoms. The van der Waals surface area contributed by atoms with Gasteiger partial charge in [0.25, 0.3) is 11.6 Å². The van der Waals surface area contributed by atoms with E-state index in [2.05, 4.69) is 17.0 Å². The Labute approximate surface area is 173 Å². The molecule has 144 valence electrons. The molecule has 2 aromatic carbocycles. The van der Waals surface area contributed by atoms with Crippen molar-refractivity contribution in [3.05, 3.63) is 67.3 Å². The molecule has 0 atom stereocenters. The van der Waals surface area contributed by atoms with E-state index in [1.165, 1.54) is 34.8 Å². The van der Waals surface area contributed by atoms with Gasteiger partial charge in [0.1, 0.15) is 0 Å². The lowest BCUT2D eigenvalue weighted by atomic mass is 10.1. The Morgan fingerprint density at radius 2 is 2.03 bits per heavy atom. The predicted octanol–water partition coefficient (Wildman–Crippen LogP) is 4.82. The molecule has 6 nitrogen and oxygen atoms in total. The number of terminal acetylenes is 1. The first-order chi connectivity index (χ1) is 13.9. The lowest BCUT2D eigenvalue weighted by Gasteiger charge is -2.02. The molecule has 2 heterocycles. The fourth-order valence-corrected chi connectivity index (χ4v) is 5.24. The van der Waals surface area contributed by atoms with Crippen molar-refractivity contribution < 1.29 is 9.72 Å². The number of hydrogen-bond acceptors (Lipinski definition) is 5. The monoisotopic (exact) mass is 421 g/mol. The topological polar surface area (TPSA) is 77.5 Å². The summed E-state index contributed by atoms with van der Waals surface area (Å²) in [6.07, 6.45) is 5.54. The van der Waals surface area contributed by atoms with Gasteiger partial charge >= 0.3 is 0 Å². The average molecular weight is 422 g/mol. The van der Waals surface area contributed by atoms with Crippen LogP contribution in [-0.4, -0.2) is 15.4 Å². The molecule has 4 rings (SSSR count). The molecule has 0 radical (unpaired) electrons. The quantitative estimate of drug-likeness (QED) is 0.270. The number of rotatable bonds is 3. The number of carbonyl (C=O) groups is 1. The summed E-state index contributed by atoms with van der Waals surface area (Å²) < 4.78 is 3.72. The molecule has 0 N–H and O–H groups in total. The molecule has 0 saturated carbocycles. The number of thiophene rings is 1. The van der Waals surface area contributed by atoms with Gasteiger partial charge in [-0.2, -0.15) is 4.99 Å². The van der Waals surface area contributed by atoms with E-state index in [1.807, 2.05) is 24.5 Å². The van der Waals surface area contributed by atoms with Crippen LogP contribution in [-0.2, 0) is 6.54 Å². The number of carbonyl (C=O) groups excluding carboxylic acids is 1. The van der Waals surface area contributed by atoms with Crippen molar-refractivity contribution in [3.8, 4) is 12.3 Å². The molecule has 4 aromatic rings. The van der Waals surface area contributed by atoms with Crippen molar-refractivity contribution in [2.24, 2.45) is 4.99 Å². The molecule has 0 spiro atoms. The third kappa shape index (κ3) is 3.46. The molecule has 0 fully saturated rings. The number of benzene rings is 2. The molecule has 0 unspecified atom stereocenters. The first-order valence-corrected chi connectivity index (χ1v) is 10.3. The second kappa shape index (κ2) is 7.28. The minimum absolute atomic E-state index is 0.00606. The van der Waals surface area contributed by atoms with Gasteiger partial charge in [0.15, 0.2) is 4.80 Å². The number of fused-ring (bicyclic) bond motifs is 2. The van der Waals surface area contributed by atoms with Crippen molar-refractivity contribution in [2.45, 2.75) is 20.4 Å². The van der Waals surface area contributed by atoms with E-state index in [9.17, 15) is 14.9 Å². The third-order valence-corrected chi connectivity index (χ3v) is 6.82. The minimum atomic E-state index is -0.451. The Bertz CT molecular complexity index is 1420. The van der Waals surface area contributed by atoms with Crippen LogP contribution in [0.5, 0.6) is 0 Å². The first kappa shape index (κ1) is 19.1. The van der Waals surface area contributed by atoms with Gasteiger partial charge in [-0.15, -0.1) is 17.8 Å². The lowest BCUT2D eigenvalue weighted by molar-refractivity contribution is -0.384.